The summed E-state index contributed by atoms with van der Waals surface area (Å²) in [5, 5.41) is 0. The topological polar surface area (TPSA) is 77.4 Å². The van der Waals surface area contributed by atoms with Crippen molar-refractivity contribution in [2.24, 2.45) is 0 Å². The molecule has 0 bridgehead atoms. The van der Waals surface area contributed by atoms with Crippen LogP contribution >= 0.6 is 15.9 Å². The maximum Gasteiger partial charge on any atom is 0.273 e. The van der Waals surface area contributed by atoms with Crippen molar-refractivity contribution in [2.45, 2.75) is 20.1 Å². The maximum absolute atomic E-state index is 13.8. The smallest absolute Gasteiger partial charge is 0.273 e. The van der Waals surface area contributed by atoms with Gasteiger partial charge in [0.15, 0.2) is 0 Å². The second-order valence-corrected chi connectivity index (χ2v) is 9.52. The van der Waals surface area contributed by atoms with Crippen LogP contribution in [0.25, 0.3) is 5.69 Å². The third-order valence-corrected chi connectivity index (χ3v) is 5.80. The van der Waals surface area contributed by atoms with Crippen molar-refractivity contribution >= 4 is 26.0 Å². The van der Waals surface area contributed by atoms with Gasteiger partial charge >= 0.3 is 0 Å². The molecule has 0 aliphatic rings. The van der Waals surface area contributed by atoms with Crippen molar-refractivity contribution in [3.8, 4) is 11.4 Å². The van der Waals surface area contributed by atoms with Crippen molar-refractivity contribution in [3.63, 3.8) is 0 Å². The minimum atomic E-state index is -3.35. The Labute approximate surface area is 186 Å². The fraction of sp³-hybridized carbons (Fsp3) is 0.190. The summed E-state index contributed by atoms with van der Waals surface area (Å²) in [6, 6.07) is 11.7. The quantitative estimate of drug-likeness (QED) is 0.522. The van der Waals surface area contributed by atoms with E-state index in [2.05, 4.69) is 20.7 Å². The number of ether oxygens (including phenoxy) is 1. The zero-order valence-corrected chi connectivity index (χ0v) is 19.1. The number of rotatable bonds is 7. The Kier molecular flexibility index (Phi) is 6.93. The summed E-state index contributed by atoms with van der Waals surface area (Å²) in [4.78, 5) is 13.0. The highest BCUT2D eigenvalue weighted by Crippen LogP contribution is 2.25. The van der Waals surface area contributed by atoms with E-state index in [9.17, 15) is 22.0 Å². The molecule has 1 N–H and O–H groups in total. The Morgan fingerprint density at radius 1 is 1.13 bits per heavy atom. The molecule has 10 heteroatoms. The van der Waals surface area contributed by atoms with Crippen molar-refractivity contribution in [1.29, 1.82) is 0 Å². The number of hydrogen-bond acceptors (Lipinski definition) is 4. The molecule has 1 heterocycles. The predicted octanol–water partition coefficient (Wildman–Crippen LogP) is 3.81. The lowest BCUT2D eigenvalue weighted by Gasteiger charge is -2.15. The van der Waals surface area contributed by atoms with Gasteiger partial charge in [0, 0.05) is 35.6 Å². The molecule has 0 saturated carbocycles. The van der Waals surface area contributed by atoms with Crippen LogP contribution in [0.1, 0.15) is 16.8 Å². The third-order valence-electron chi connectivity index (χ3n) is 4.41. The lowest BCUT2D eigenvalue weighted by atomic mass is 10.2. The van der Waals surface area contributed by atoms with E-state index < -0.39 is 27.2 Å². The highest BCUT2D eigenvalue weighted by Gasteiger charge is 2.15. The van der Waals surface area contributed by atoms with Crippen LogP contribution in [-0.2, 0) is 23.2 Å². The Hall–Kier alpha value is -2.56. The van der Waals surface area contributed by atoms with E-state index in [0.29, 0.717) is 16.9 Å². The molecule has 0 amide bonds. The average Bonchev–Trinajstić information content (AvgIpc) is 2.69. The van der Waals surface area contributed by atoms with Crippen molar-refractivity contribution in [1.82, 2.24) is 9.29 Å². The van der Waals surface area contributed by atoms with E-state index >= 15 is 0 Å². The summed E-state index contributed by atoms with van der Waals surface area (Å²) < 4.78 is 59.1. The first-order valence-corrected chi connectivity index (χ1v) is 11.8. The Balaban J connectivity index is 1.89. The molecule has 0 aliphatic carbocycles. The highest BCUT2D eigenvalue weighted by atomic mass is 79.9. The molecule has 1 aromatic heterocycles. The number of aryl methyl sites for hydroxylation is 1. The first-order chi connectivity index (χ1) is 14.5. The fourth-order valence-electron chi connectivity index (χ4n) is 2.92. The van der Waals surface area contributed by atoms with Gasteiger partial charge in [0.1, 0.15) is 28.5 Å². The van der Waals surface area contributed by atoms with Gasteiger partial charge in [0.2, 0.25) is 10.0 Å². The standard InChI is InChI=1S/C21H19BrF2N2O4S/c1-13-8-19(30-12-15-6-7-16(23)10-18(15)24)20(22)21(27)26(13)17-5-3-4-14(9-17)11-25-31(2,28)29/h3-10,25H,11-12H2,1-2H3. The minimum absolute atomic E-state index is 0.0894. The minimum Gasteiger partial charge on any atom is -0.487 e. The van der Waals surface area contributed by atoms with Gasteiger partial charge in [-0.1, -0.05) is 12.1 Å². The van der Waals surface area contributed by atoms with E-state index in [1.54, 1.807) is 37.3 Å². The number of aromatic nitrogens is 1. The van der Waals surface area contributed by atoms with Gasteiger partial charge in [-0.05, 0) is 52.7 Å². The summed E-state index contributed by atoms with van der Waals surface area (Å²) in [5.74, 6) is -1.20. The zero-order valence-electron chi connectivity index (χ0n) is 16.7. The van der Waals surface area contributed by atoms with Crippen molar-refractivity contribution in [3.05, 3.63) is 91.8 Å². The van der Waals surface area contributed by atoms with E-state index in [1.807, 2.05) is 0 Å². The molecule has 0 unspecified atom stereocenters. The van der Waals surface area contributed by atoms with E-state index in [4.69, 9.17) is 4.74 Å². The number of sulfonamides is 1. The van der Waals surface area contributed by atoms with Gasteiger partial charge in [-0.15, -0.1) is 0 Å². The number of nitrogens with one attached hydrogen (secondary N) is 1. The molecule has 0 aliphatic heterocycles. The molecule has 0 fully saturated rings. The number of pyridine rings is 1. The van der Waals surface area contributed by atoms with Crippen LogP contribution in [0.5, 0.6) is 5.75 Å². The van der Waals surface area contributed by atoms with E-state index in [-0.39, 0.29) is 28.9 Å². The summed E-state index contributed by atoms with van der Waals surface area (Å²) in [6.45, 7) is 1.62. The van der Waals surface area contributed by atoms with Crippen LogP contribution in [-0.4, -0.2) is 19.2 Å². The molecule has 6 nitrogen and oxygen atoms in total. The number of hydrogen-bond donors (Lipinski definition) is 1. The molecule has 2 aromatic carbocycles. The van der Waals surface area contributed by atoms with E-state index in [0.717, 1.165) is 18.4 Å². The van der Waals surface area contributed by atoms with Crippen LogP contribution in [0, 0.1) is 18.6 Å². The lowest BCUT2D eigenvalue weighted by Crippen LogP contribution is -2.23. The normalized spacial score (nSPS) is 11.5. The summed E-state index contributed by atoms with van der Waals surface area (Å²) >= 11 is 3.24. The van der Waals surface area contributed by atoms with Crippen LogP contribution in [0.2, 0.25) is 0 Å². The first kappa shape index (κ1) is 23.1. The number of halogens is 3. The largest absolute Gasteiger partial charge is 0.487 e. The summed E-state index contributed by atoms with van der Waals surface area (Å²) in [7, 11) is -3.35. The molecular formula is C21H19BrF2N2O4S. The van der Waals surface area contributed by atoms with Crippen molar-refractivity contribution < 1.29 is 21.9 Å². The van der Waals surface area contributed by atoms with Crippen molar-refractivity contribution in [2.75, 3.05) is 6.26 Å². The fourth-order valence-corrected chi connectivity index (χ4v) is 3.76. The summed E-state index contributed by atoms with van der Waals surface area (Å²) in [5.41, 5.74) is 1.53. The lowest BCUT2D eigenvalue weighted by molar-refractivity contribution is 0.296. The molecule has 0 spiro atoms. The molecular weight excluding hydrogens is 494 g/mol. The molecule has 3 rings (SSSR count). The van der Waals surface area contributed by atoms with E-state index in [1.165, 1.54) is 10.6 Å². The van der Waals surface area contributed by atoms with Crippen LogP contribution in [0.4, 0.5) is 8.78 Å². The second-order valence-electron chi connectivity index (χ2n) is 6.89. The van der Waals surface area contributed by atoms with Gasteiger partial charge in [-0.25, -0.2) is 21.9 Å². The second kappa shape index (κ2) is 9.29. The predicted molar refractivity (Wildman–Crippen MR) is 117 cm³/mol. The van der Waals surface area contributed by atoms with Crippen LogP contribution in [0.15, 0.2) is 57.8 Å². The average molecular weight is 513 g/mol. The Morgan fingerprint density at radius 3 is 2.55 bits per heavy atom. The number of nitrogens with zero attached hydrogens (tertiary/aromatic N) is 1. The van der Waals surface area contributed by atoms with Gasteiger partial charge in [0.05, 0.1) is 6.26 Å². The Bertz CT molecular complexity index is 1290. The third kappa shape index (κ3) is 5.78. The molecule has 0 atom stereocenters. The maximum atomic E-state index is 13.8. The van der Waals surface area contributed by atoms with Crippen LogP contribution in [0.3, 0.4) is 0 Å². The highest BCUT2D eigenvalue weighted by molar-refractivity contribution is 9.10. The number of benzene rings is 2. The SMILES string of the molecule is Cc1cc(OCc2ccc(F)cc2F)c(Br)c(=O)n1-c1cccc(CNS(C)(=O)=O)c1. The molecule has 164 valence electrons. The summed E-state index contributed by atoms with van der Waals surface area (Å²) in [6.07, 6.45) is 1.07. The molecule has 0 radical (unpaired) electrons. The first-order valence-electron chi connectivity index (χ1n) is 9.08. The molecule has 0 saturated heterocycles. The monoisotopic (exact) mass is 512 g/mol. The van der Waals surface area contributed by atoms with Gasteiger partial charge in [-0.3, -0.25) is 9.36 Å². The van der Waals surface area contributed by atoms with Crippen LogP contribution < -0.4 is 15.0 Å². The molecule has 3 aromatic rings. The van der Waals surface area contributed by atoms with Gasteiger partial charge < -0.3 is 4.74 Å². The zero-order chi connectivity index (χ0) is 22.8. The van der Waals surface area contributed by atoms with Gasteiger partial charge in [0.25, 0.3) is 5.56 Å². The van der Waals surface area contributed by atoms with Gasteiger partial charge in [-0.2, -0.15) is 0 Å². The molecule has 31 heavy (non-hydrogen) atoms. The Morgan fingerprint density at radius 2 is 1.87 bits per heavy atom.